The third-order valence-electron chi connectivity index (χ3n) is 4.74. The molecule has 1 saturated carbocycles. The first-order chi connectivity index (χ1) is 9.76. The Morgan fingerprint density at radius 2 is 1.67 bits per heavy atom. The van der Waals surface area contributed by atoms with Crippen molar-refractivity contribution in [2.45, 2.75) is 65.3 Å². The van der Waals surface area contributed by atoms with E-state index < -0.39 is 0 Å². The Morgan fingerprint density at radius 1 is 1.05 bits per heavy atom. The van der Waals surface area contributed by atoms with Crippen molar-refractivity contribution in [1.29, 1.82) is 0 Å². The number of nitrogens with zero attached hydrogens (tertiary/aromatic N) is 2. The van der Waals surface area contributed by atoms with E-state index in [1.54, 1.807) is 0 Å². The molecule has 0 saturated heterocycles. The molecular weight excluding hydrogens is 258 g/mol. The van der Waals surface area contributed by atoms with Crippen LogP contribution < -0.4 is 5.32 Å². The van der Waals surface area contributed by atoms with Crippen LogP contribution in [0.3, 0.4) is 0 Å². The Hall–Kier alpha value is -0.120. The summed E-state index contributed by atoms with van der Waals surface area (Å²) in [5.41, 5.74) is 0.749. The molecule has 3 nitrogen and oxygen atoms in total. The summed E-state index contributed by atoms with van der Waals surface area (Å²) in [6.07, 6.45) is 6.92. The highest BCUT2D eigenvalue weighted by molar-refractivity contribution is 4.91. The Labute approximate surface area is 133 Å². The van der Waals surface area contributed by atoms with Crippen molar-refractivity contribution < 1.29 is 0 Å². The van der Waals surface area contributed by atoms with Gasteiger partial charge in [0.2, 0.25) is 0 Å². The largest absolute Gasteiger partial charge is 0.311 e. The van der Waals surface area contributed by atoms with Gasteiger partial charge in [-0.05, 0) is 79.2 Å². The van der Waals surface area contributed by atoms with Crippen LogP contribution in [0.15, 0.2) is 0 Å². The van der Waals surface area contributed by atoms with Gasteiger partial charge in [0.1, 0.15) is 0 Å². The third-order valence-corrected chi connectivity index (χ3v) is 4.74. The minimum atomic E-state index is 0.234. The van der Waals surface area contributed by atoms with E-state index in [0.29, 0.717) is 5.41 Å². The zero-order valence-electron chi connectivity index (χ0n) is 15.5. The predicted molar refractivity (Wildman–Crippen MR) is 93.9 cm³/mol. The Morgan fingerprint density at radius 3 is 2.14 bits per heavy atom. The SMILES string of the molecule is CCN(CCCN(C)C)CC1(CNC(C)(C)C)CCCC1. The molecule has 0 aliphatic heterocycles. The molecule has 1 fully saturated rings. The highest BCUT2D eigenvalue weighted by atomic mass is 15.1. The summed E-state index contributed by atoms with van der Waals surface area (Å²) in [7, 11) is 4.34. The van der Waals surface area contributed by atoms with Gasteiger partial charge in [0.25, 0.3) is 0 Å². The lowest BCUT2D eigenvalue weighted by molar-refractivity contribution is 0.140. The second kappa shape index (κ2) is 8.50. The van der Waals surface area contributed by atoms with Crippen LogP contribution in [0.5, 0.6) is 0 Å². The first-order valence-corrected chi connectivity index (χ1v) is 8.88. The van der Waals surface area contributed by atoms with Crippen molar-refractivity contribution in [3.05, 3.63) is 0 Å². The normalized spacial score (nSPS) is 18.9. The van der Waals surface area contributed by atoms with Crippen molar-refractivity contribution in [2.24, 2.45) is 5.41 Å². The molecule has 0 aromatic rings. The van der Waals surface area contributed by atoms with E-state index in [2.05, 4.69) is 56.9 Å². The fourth-order valence-corrected chi connectivity index (χ4v) is 3.40. The lowest BCUT2D eigenvalue weighted by Gasteiger charge is -2.37. The summed E-state index contributed by atoms with van der Waals surface area (Å²) in [5.74, 6) is 0. The van der Waals surface area contributed by atoms with E-state index in [9.17, 15) is 0 Å². The van der Waals surface area contributed by atoms with Crippen LogP contribution in [-0.2, 0) is 0 Å². The Kier molecular flexibility index (Phi) is 7.66. The van der Waals surface area contributed by atoms with Crippen molar-refractivity contribution in [3.63, 3.8) is 0 Å². The quantitative estimate of drug-likeness (QED) is 0.705. The first kappa shape index (κ1) is 18.9. The van der Waals surface area contributed by atoms with E-state index in [4.69, 9.17) is 0 Å². The molecule has 3 heteroatoms. The maximum atomic E-state index is 3.77. The molecule has 0 radical (unpaired) electrons. The standard InChI is InChI=1S/C18H39N3/c1-7-21(14-10-13-20(5)6)16-18(11-8-9-12-18)15-19-17(2,3)4/h19H,7-16H2,1-6H3. The van der Waals surface area contributed by atoms with Crippen molar-refractivity contribution >= 4 is 0 Å². The van der Waals surface area contributed by atoms with E-state index in [1.165, 1.54) is 64.8 Å². The van der Waals surface area contributed by atoms with E-state index in [1.807, 2.05) is 0 Å². The number of nitrogens with one attached hydrogen (secondary N) is 1. The number of rotatable bonds is 9. The van der Waals surface area contributed by atoms with Gasteiger partial charge in [-0.15, -0.1) is 0 Å². The van der Waals surface area contributed by atoms with Crippen LogP contribution in [0.25, 0.3) is 0 Å². The number of hydrogen-bond acceptors (Lipinski definition) is 3. The third kappa shape index (κ3) is 7.62. The minimum absolute atomic E-state index is 0.234. The molecule has 0 amide bonds. The summed E-state index contributed by atoms with van der Waals surface area (Å²) in [6, 6.07) is 0. The van der Waals surface area contributed by atoms with Crippen LogP contribution in [0.1, 0.15) is 59.8 Å². The molecule has 21 heavy (non-hydrogen) atoms. The van der Waals surface area contributed by atoms with Crippen LogP contribution in [0, 0.1) is 5.41 Å². The zero-order chi connectivity index (χ0) is 15.9. The number of hydrogen-bond donors (Lipinski definition) is 1. The molecule has 0 unspecified atom stereocenters. The van der Waals surface area contributed by atoms with Crippen molar-refractivity contribution in [3.8, 4) is 0 Å². The van der Waals surface area contributed by atoms with Gasteiger partial charge in [-0.2, -0.15) is 0 Å². The summed E-state index contributed by atoms with van der Waals surface area (Å²) in [4.78, 5) is 4.97. The van der Waals surface area contributed by atoms with E-state index in [-0.39, 0.29) is 5.54 Å². The molecule has 0 aromatic carbocycles. The van der Waals surface area contributed by atoms with Gasteiger partial charge in [-0.25, -0.2) is 0 Å². The van der Waals surface area contributed by atoms with Gasteiger partial charge in [0, 0.05) is 18.6 Å². The van der Waals surface area contributed by atoms with E-state index in [0.717, 1.165) is 0 Å². The van der Waals surface area contributed by atoms with Crippen molar-refractivity contribution in [2.75, 3.05) is 46.8 Å². The fourth-order valence-electron chi connectivity index (χ4n) is 3.40. The van der Waals surface area contributed by atoms with Crippen molar-refractivity contribution in [1.82, 2.24) is 15.1 Å². The highest BCUT2D eigenvalue weighted by Crippen LogP contribution is 2.38. The monoisotopic (exact) mass is 297 g/mol. The van der Waals surface area contributed by atoms with Gasteiger partial charge >= 0.3 is 0 Å². The average molecular weight is 298 g/mol. The molecular formula is C18H39N3. The van der Waals surface area contributed by atoms with Gasteiger partial charge in [0.05, 0.1) is 0 Å². The summed E-state index contributed by atoms with van der Waals surface area (Å²) in [6.45, 7) is 15.2. The lowest BCUT2D eigenvalue weighted by atomic mass is 9.84. The van der Waals surface area contributed by atoms with Gasteiger partial charge in [-0.1, -0.05) is 19.8 Å². The molecule has 1 aliphatic carbocycles. The molecule has 1 rings (SSSR count). The topological polar surface area (TPSA) is 18.5 Å². The molecule has 0 aromatic heterocycles. The summed E-state index contributed by atoms with van der Waals surface area (Å²) in [5, 5.41) is 3.77. The first-order valence-electron chi connectivity index (χ1n) is 8.88. The van der Waals surface area contributed by atoms with Crippen LogP contribution in [-0.4, -0.2) is 62.2 Å². The van der Waals surface area contributed by atoms with Crippen LogP contribution in [0.4, 0.5) is 0 Å². The Bertz CT molecular complexity index is 275. The van der Waals surface area contributed by atoms with Crippen LogP contribution in [0.2, 0.25) is 0 Å². The highest BCUT2D eigenvalue weighted by Gasteiger charge is 2.35. The van der Waals surface area contributed by atoms with Crippen LogP contribution >= 0.6 is 0 Å². The van der Waals surface area contributed by atoms with Gasteiger partial charge < -0.3 is 15.1 Å². The molecule has 0 bridgehead atoms. The smallest absolute Gasteiger partial charge is 0.00967 e. The maximum absolute atomic E-state index is 3.77. The van der Waals surface area contributed by atoms with Gasteiger partial charge in [-0.3, -0.25) is 0 Å². The molecule has 126 valence electrons. The zero-order valence-corrected chi connectivity index (χ0v) is 15.5. The maximum Gasteiger partial charge on any atom is 0.00967 e. The molecule has 1 N–H and O–H groups in total. The molecule has 0 heterocycles. The second-order valence-electron chi connectivity index (χ2n) is 8.34. The van der Waals surface area contributed by atoms with Gasteiger partial charge in [0.15, 0.2) is 0 Å². The molecule has 0 atom stereocenters. The molecule has 1 aliphatic rings. The average Bonchev–Trinajstić information content (AvgIpc) is 2.83. The molecule has 0 spiro atoms. The minimum Gasteiger partial charge on any atom is -0.311 e. The second-order valence-corrected chi connectivity index (χ2v) is 8.34. The summed E-state index contributed by atoms with van der Waals surface area (Å²) >= 11 is 0. The summed E-state index contributed by atoms with van der Waals surface area (Å²) < 4.78 is 0. The van der Waals surface area contributed by atoms with E-state index >= 15 is 0 Å². The lowest BCUT2D eigenvalue weighted by Crippen LogP contribution is -2.48. The Balaban J connectivity index is 2.50. The predicted octanol–water partition coefficient (Wildman–Crippen LogP) is 3.21. The fraction of sp³-hybridized carbons (Fsp3) is 1.00.